The van der Waals surface area contributed by atoms with Crippen LogP contribution < -0.4 is 10.6 Å². The van der Waals surface area contributed by atoms with Gasteiger partial charge in [0.05, 0.1) is 11.5 Å². The summed E-state index contributed by atoms with van der Waals surface area (Å²) in [6, 6.07) is 4.86. The van der Waals surface area contributed by atoms with Crippen LogP contribution in [0.3, 0.4) is 0 Å². The molecule has 7 heteroatoms. The molecule has 1 aromatic rings. The van der Waals surface area contributed by atoms with Crippen LogP contribution in [0, 0.1) is 17.0 Å². The molecule has 0 saturated carbocycles. The van der Waals surface area contributed by atoms with Crippen LogP contribution in [0.25, 0.3) is 0 Å². The van der Waals surface area contributed by atoms with Gasteiger partial charge in [-0.1, -0.05) is 12.1 Å². The average molecular weight is 281 g/mol. The number of nitro benzene ring substituents is 1. The number of rotatable bonds is 8. The van der Waals surface area contributed by atoms with Crippen LogP contribution in [-0.2, 0) is 9.53 Å². The number of amides is 1. The number of benzene rings is 1. The van der Waals surface area contributed by atoms with Crippen LogP contribution >= 0.6 is 0 Å². The van der Waals surface area contributed by atoms with Gasteiger partial charge in [0.15, 0.2) is 0 Å². The minimum atomic E-state index is -0.437. The molecule has 0 saturated heterocycles. The van der Waals surface area contributed by atoms with Crippen LogP contribution in [0.2, 0.25) is 0 Å². The lowest BCUT2D eigenvalue weighted by atomic mass is 10.1. The largest absolute Gasteiger partial charge is 0.383 e. The summed E-state index contributed by atoms with van der Waals surface area (Å²) in [5.41, 5.74) is 1.26. The van der Waals surface area contributed by atoms with Crippen molar-refractivity contribution in [3.8, 4) is 0 Å². The van der Waals surface area contributed by atoms with Crippen molar-refractivity contribution in [2.24, 2.45) is 0 Å². The molecule has 1 amide bonds. The lowest BCUT2D eigenvalue weighted by Gasteiger charge is -2.10. The fourth-order valence-electron chi connectivity index (χ4n) is 1.72. The molecule has 1 aromatic carbocycles. The van der Waals surface area contributed by atoms with Crippen LogP contribution in [0.1, 0.15) is 12.0 Å². The van der Waals surface area contributed by atoms with Crippen molar-refractivity contribution in [2.45, 2.75) is 13.3 Å². The van der Waals surface area contributed by atoms with E-state index < -0.39 is 4.92 Å². The van der Waals surface area contributed by atoms with Gasteiger partial charge in [0, 0.05) is 32.7 Å². The standard InChI is InChI=1S/C13H19N3O4/c1-10-4-3-5-11(16(18)19)13(10)15-7-6-12(17)14-8-9-20-2/h3-5,15H,6-9H2,1-2H3,(H,14,17). The minimum absolute atomic E-state index is 0.0183. The number of ether oxygens (including phenoxy) is 1. The minimum Gasteiger partial charge on any atom is -0.383 e. The number of hydrogen-bond donors (Lipinski definition) is 2. The lowest BCUT2D eigenvalue weighted by Crippen LogP contribution is -2.28. The molecule has 0 aliphatic heterocycles. The topological polar surface area (TPSA) is 93.5 Å². The van der Waals surface area contributed by atoms with E-state index >= 15 is 0 Å². The number of methoxy groups -OCH3 is 1. The first-order valence-electron chi connectivity index (χ1n) is 6.29. The monoisotopic (exact) mass is 281 g/mol. The number of anilines is 1. The molecule has 0 unspecified atom stereocenters. The highest BCUT2D eigenvalue weighted by Crippen LogP contribution is 2.27. The molecule has 7 nitrogen and oxygen atoms in total. The molecule has 0 aliphatic carbocycles. The molecule has 0 radical (unpaired) electrons. The number of hydrogen-bond acceptors (Lipinski definition) is 5. The van der Waals surface area contributed by atoms with Crippen molar-refractivity contribution < 1.29 is 14.5 Å². The number of nitrogens with one attached hydrogen (secondary N) is 2. The summed E-state index contributed by atoms with van der Waals surface area (Å²) in [4.78, 5) is 22.0. The Bertz CT molecular complexity index is 477. The van der Waals surface area contributed by atoms with Gasteiger partial charge in [0.2, 0.25) is 5.91 Å². The van der Waals surface area contributed by atoms with E-state index in [2.05, 4.69) is 10.6 Å². The normalized spacial score (nSPS) is 10.1. The first-order chi connectivity index (χ1) is 9.56. The molecule has 110 valence electrons. The van der Waals surface area contributed by atoms with Gasteiger partial charge in [0.25, 0.3) is 5.69 Å². The predicted molar refractivity (Wildman–Crippen MR) is 75.8 cm³/mol. The third kappa shape index (κ3) is 4.85. The molecule has 0 bridgehead atoms. The molecule has 0 aromatic heterocycles. The van der Waals surface area contributed by atoms with E-state index in [0.717, 1.165) is 5.56 Å². The van der Waals surface area contributed by atoms with Gasteiger partial charge >= 0.3 is 0 Å². The number of nitrogens with zero attached hydrogens (tertiary/aromatic N) is 1. The Morgan fingerprint density at radius 3 is 2.80 bits per heavy atom. The Kier molecular flexibility index (Phi) is 6.45. The summed E-state index contributed by atoms with van der Waals surface area (Å²) >= 11 is 0. The van der Waals surface area contributed by atoms with Gasteiger partial charge in [-0.2, -0.15) is 0 Å². The fourth-order valence-corrected chi connectivity index (χ4v) is 1.72. The van der Waals surface area contributed by atoms with E-state index in [9.17, 15) is 14.9 Å². The molecule has 0 spiro atoms. The van der Waals surface area contributed by atoms with Crippen LogP contribution in [0.15, 0.2) is 18.2 Å². The molecule has 0 aliphatic rings. The highest BCUT2D eigenvalue weighted by atomic mass is 16.6. The second-order valence-corrected chi connectivity index (χ2v) is 4.25. The maximum Gasteiger partial charge on any atom is 0.292 e. The van der Waals surface area contributed by atoms with Crippen molar-refractivity contribution in [3.05, 3.63) is 33.9 Å². The van der Waals surface area contributed by atoms with E-state index in [1.165, 1.54) is 6.07 Å². The Morgan fingerprint density at radius 1 is 1.40 bits per heavy atom. The van der Waals surface area contributed by atoms with Crippen molar-refractivity contribution in [1.82, 2.24) is 5.32 Å². The predicted octanol–water partition coefficient (Wildman–Crippen LogP) is 1.47. The summed E-state index contributed by atoms with van der Waals surface area (Å²) < 4.78 is 4.82. The van der Waals surface area contributed by atoms with Gasteiger partial charge in [-0.3, -0.25) is 14.9 Å². The molecule has 0 atom stereocenters. The zero-order valence-corrected chi connectivity index (χ0v) is 11.6. The molecule has 1 rings (SSSR count). The molecule has 0 fully saturated rings. The first kappa shape index (κ1) is 15.9. The van der Waals surface area contributed by atoms with Crippen molar-refractivity contribution in [3.63, 3.8) is 0 Å². The molecule has 20 heavy (non-hydrogen) atoms. The summed E-state index contributed by atoms with van der Waals surface area (Å²) in [7, 11) is 1.56. The first-order valence-corrected chi connectivity index (χ1v) is 6.29. The molecule has 2 N–H and O–H groups in total. The quantitative estimate of drug-likeness (QED) is 0.427. The van der Waals surface area contributed by atoms with E-state index in [0.29, 0.717) is 25.4 Å². The lowest BCUT2D eigenvalue weighted by molar-refractivity contribution is -0.384. The Morgan fingerprint density at radius 2 is 2.15 bits per heavy atom. The van der Waals surface area contributed by atoms with E-state index in [4.69, 9.17) is 4.74 Å². The van der Waals surface area contributed by atoms with Crippen LogP contribution in [0.5, 0.6) is 0 Å². The average Bonchev–Trinajstić information content (AvgIpc) is 2.40. The molecule has 0 heterocycles. The number of aryl methyl sites for hydroxylation is 1. The van der Waals surface area contributed by atoms with Crippen molar-refractivity contribution >= 4 is 17.3 Å². The Labute approximate surface area is 117 Å². The fraction of sp³-hybridized carbons (Fsp3) is 0.462. The zero-order valence-electron chi connectivity index (χ0n) is 11.6. The third-order valence-corrected chi connectivity index (χ3v) is 2.73. The van der Waals surface area contributed by atoms with Crippen LogP contribution in [0.4, 0.5) is 11.4 Å². The van der Waals surface area contributed by atoms with E-state index in [-0.39, 0.29) is 18.0 Å². The second-order valence-electron chi connectivity index (χ2n) is 4.25. The smallest absolute Gasteiger partial charge is 0.292 e. The second kappa shape index (κ2) is 8.11. The molecular weight excluding hydrogens is 262 g/mol. The highest BCUT2D eigenvalue weighted by molar-refractivity contribution is 5.76. The Balaban J connectivity index is 2.50. The number of carbonyl (C=O) groups excluding carboxylic acids is 1. The Hall–Kier alpha value is -2.15. The molecular formula is C13H19N3O4. The number of para-hydroxylation sites is 1. The number of carbonyl (C=O) groups is 1. The van der Waals surface area contributed by atoms with Crippen molar-refractivity contribution in [2.75, 3.05) is 32.1 Å². The summed E-state index contributed by atoms with van der Waals surface area (Å²) in [5.74, 6) is -0.120. The summed E-state index contributed by atoms with van der Waals surface area (Å²) in [6.07, 6.45) is 0.245. The van der Waals surface area contributed by atoms with Gasteiger partial charge in [0.1, 0.15) is 5.69 Å². The van der Waals surface area contributed by atoms with E-state index in [1.807, 2.05) is 0 Å². The van der Waals surface area contributed by atoms with Gasteiger partial charge in [-0.25, -0.2) is 0 Å². The van der Waals surface area contributed by atoms with Gasteiger partial charge in [-0.05, 0) is 12.5 Å². The summed E-state index contributed by atoms with van der Waals surface area (Å²) in [5, 5.41) is 16.6. The maximum atomic E-state index is 11.5. The zero-order chi connectivity index (χ0) is 15.0. The summed E-state index contributed by atoms with van der Waals surface area (Å²) in [6.45, 7) is 3.04. The third-order valence-electron chi connectivity index (χ3n) is 2.73. The maximum absolute atomic E-state index is 11.5. The van der Waals surface area contributed by atoms with E-state index in [1.54, 1.807) is 26.2 Å². The SMILES string of the molecule is COCCNC(=O)CCNc1c(C)cccc1[N+](=O)[O-]. The highest BCUT2D eigenvalue weighted by Gasteiger charge is 2.15. The van der Waals surface area contributed by atoms with Gasteiger partial charge < -0.3 is 15.4 Å². The van der Waals surface area contributed by atoms with Crippen LogP contribution in [-0.4, -0.2) is 37.6 Å². The van der Waals surface area contributed by atoms with Crippen molar-refractivity contribution in [1.29, 1.82) is 0 Å². The van der Waals surface area contributed by atoms with Gasteiger partial charge in [-0.15, -0.1) is 0 Å². The number of nitro groups is 1.